The fourth-order valence-corrected chi connectivity index (χ4v) is 2.36. The van der Waals surface area contributed by atoms with Crippen LogP contribution in [0.4, 0.5) is 13.2 Å². The fraction of sp³-hybridized carbons (Fsp3) is 0.267. The van der Waals surface area contributed by atoms with E-state index in [-0.39, 0.29) is 10.7 Å². The average Bonchev–Trinajstić information content (AvgIpc) is 2.36. The van der Waals surface area contributed by atoms with Gasteiger partial charge in [0.25, 0.3) is 0 Å². The molecule has 1 N–H and O–H groups in total. The molecule has 1 aromatic carbocycles. The molecule has 2 nitrogen and oxygen atoms in total. The Hall–Kier alpha value is -1.59. The zero-order chi connectivity index (χ0) is 15.8. The van der Waals surface area contributed by atoms with Crippen LogP contribution in [-0.2, 0) is 6.18 Å². The molecule has 0 aliphatic carbocycles. The van der Waals surface area contributed by atoms with Crippen LogP contribution in [0.2, 0.25) is 5.15 Å². The molecule has 1 atom stereocenters. The first-order valence-corrected chi connectivity index (χ1v) is 6.57. The van der Waals surface area contributed by atoms with Crippen LogP contribution in [0, 0.1) is 13.8 Å². The van der Waals surface area contributed by atoms with Crippen molar-refractivity contribution in [3.8, 4) is 0 Å². The molecule has 1 heterocycles. The van der Waals surface area contributed by atoms with E-state index in [0.29, 0.717) is 5.56 Å². The molecule has 21 heavy (non-hydrogen) atoms. The Morgan fingerprint density at radius 2 is 1.71 bits per heavy atom. The smallest absolute Gasteiger partial charge is 0.384 e. The van der Waals surface area contributed by atoms with Crippen LogP contribution in [-0.4, -0.2) is 10.1 Å². The first-order valence-electron chi connectivity index (χ1n) is 6.19. The second-order valence-electron chi connectivity index (χ2n) is 4.84. The van der Waals surface area contributed by atoms with Gasteiger partial charge in [-0.15, -0.1) is 0 Å². The molecule has 0 amide bonds. The number of pyridine rings is 1. The van der Waals surface area contributed by atoms with Crippen molar-refractivity contribution in [1.29, 1.82) is 0 Å². The van der Waals surface area contributed by atoms with Gasteiger partial charge in [-0.1, -0.05) is 41.4 Å². The third-order valence-corrected chi connectivity index (χ3v) is 3.49. The number of aryl methyl sites for hydroxylation is 2. The van der Waals surface area contributed by atoms with E-state index < -0.39 is 18.0 Å². The second kappa shape index (κ2) is 5.66. The van der Waals surface area contributed by atoms with E-state index in [1.54, 1.807) is 6.07 Å². The van der Waals surface area contributed by atoms with Gasteiger partial charge in [0.05, 0.1) is 0 Å². The fourth-order valence-electron chi connectivity index (χ4n) is 2.11. The summed E-state index contributed by atoms with van der Waals surface area (Å²) in [5.41, 5.74) is 1.52. The van der Waals surface area contributed by atoms with Crippen LogP contribution >= 0.6 is 11.6 Å². The standard InChI is InChI=1S/C15H13ClF3NO/c1-8-3-4-10(9(2)7-8)13(21)11-5-6-12(15(17,18)19)20-14(11)16/h3-7,13,21H,1-2H3. The van der Waals surface area contributed by atoms with E-state index in [4.69, 9.17) is 11.6 Å². The summed E-state index contributed by atoms with van der Waals surface area (Å²) in [5, 5.41) is 9.98. The normalized spacial score (nSPS) is 13.3. The number of rotatable bonds is 2. The van der Waals surface area contributed by atoms with Gasteiger partial charge in [-0.25, -0.2) is 4.98 Å². The minimum Gasteiger partial charge on any atom is -0.384 e. The molecule has 0 aliphatic heterocycles. The molecule has 0 fully saturated rings. The highest BCUT2D eigenvalue weighted by molar-refractivity contribution is 6.30. The maximum atomic E-state index is 12.5. The van der Waals surface area contributed by atoms with E-state index >= 15 is 0 Å². The van der Waals surface area contributed by atoms with Crippen LogP contribution in [0.3, 0.4) is 0 Å². The number of benzene rings is 1. The lowest BCUT2D eigenvalue weighted by Gasteiger charge is -2.16. The molecule has 0 radical (unpaired) electrons. The number of aromatic nitrogens is 1. The SMILES string of the molecule is Cc1ccc(C(O)c2ccc(C(F)(F)F)nc2Cl)c(C)c1. The highest BCUT2D eigenvalue weighted by atomic mass is 35.5. The molecule has 112 valence electrons. The van der Waals surface area contributed by atoms with E-state index in [0.717, 1.165) is 23.3 Å². The highest BCUT2D eigenvalue weighted by Crippen LogP contribution is 2.33. The first-order chi connectivity index (χ1) is 9.70. The zero-order valence-electron chi connectivity index (χ0n) is 11.4. The summed E-state index contributed by atoms with van der Waals surface area (Å²) in [4.78, 5) is 3.32. The Balaban J connectivity index is 2.42. The molecule has 6 heteroatoms. The van der Waals surface area contributed by atoms with Crippen LogP contribution < -0.4 is 0 Å². The minimum absolute atomic E-state index is 0.150. The third-order valence-electron chi connectivity index (χ3n) is 3.18. The Bertz CT molecular complexity index is 670. The maximum Gasteiger partial charge on any atom is 0.433 e. The topological polar surface area (TPSA) is 33.1 Å². The number of aliphatic hydroxyl groups excluding tert-OH is 1. The number of nitrogens with zero attached hydrogens (tertiary/aromatic N) is 1. The lowest BCUT2D eigenvalue weighted by atomic mass is 9.97. The zero-order valence-corrected chi connectivity index (χ0v) is 12.1. The van der Waals surface area contributed by atoms with Crippen molar-refractivity contribution in [2.45, 2.75) is 26.1 Å². The number of alkyl halides is 3. The predicted molar refractivity (Wildman–Crippen MR) is 74.2 cm³/mol. The van der Waals surface area contributed by atoms with Gasteiger partial charge < -0.3 is 5.11 Å². The first kappa shape index (κ1) is 15.8. The monoisotopic (exact) mass is 315 g/mol. The maximum absolute atomic E-state index is 12.5. The molecule has 0 spiro atoms. The van der Waals surface area contributed by atoms with Crippen LogP contribution in [0.25, 0.3) is 0 Å². The average molecular weight is 316 g/mol. The number of hydrogen-bond acceptors (Lipinski definition) is 2. The summed E-state index contributed by atoms with van der Waals surface area (Å²) in [5.74, 6) is 0. The van der Waals surface area contributed by atoms with Gasteiger partial charge in [0.1, 0.15) is 17.0 Å². The summed E-state index contributed by atoms with van der Waals surface area (Å²) in [6, 6.07) is 7.39. The quantitative estimate of drug-likeness (QED) is 0.830. The molecule has 0 bridgehead atoms. The summed E-state index contributed by atoms with van der Waals surface area (Å²) in [7, 11) is 0. The Morgan fingerprint density at radius 1 is 1.10 bits per heavy atom. The van der Waals surface area contributed by atoms with Crippen molar-refractivity contribution in [2.75, 3.05) is 0 Å². The van der Waals surface area contributed by atoms with Crippen molar-refractivity contribution >= 4 is 11.6 Å². The lowest BCUT2D eigenvalue weighted by Crippen LogP contribution is -2.10. The van der Waals surface area contributed by atoms with Gasteiger partial charge >= 0.3 is 6.18 Å². The Morgan fingerprint density at radius 3 is 2.24 bits per heavy atom. The molecule has 1 aromatic heterocycles. The number of halogens is 4. The summed E-state index contributed by atoms with van der Waals surface area (Å²) in [6.45, 7) is 3.73. The van der Waals surface area contributed by atoms with Gasteiger partial charge in [0.15, 0.2) is 0 Å². The van der Waals surface area contributed by atoms with E-state index in [9.17, 15) is 18.3 Å². The lowest BCUT2D eigenvalue weighted by molar-refractivity contribution is -0.141. The predicted octanol–water partition coefficient (Wildman–Crippen LogP) is 4.45. The van der Waals surface area contributed by atoms with Crippen LogP contribution in [0.1, 0.15) is 34.1 Å². The molecule has 0 aliphatic rings. The van der Waals surface area contributed by atoms with Gasteiger partial charge in [0, 0.05) is 5.56 Å². The molecule has 0 saturated carbocycles. The molecule has 2 rings (SSSR count). The Labute approximate surface area is 125 Å². The molecule has 0 saturated heterocycles. The van der Waals surface area contributed by atoms with Crippen molar-refractivity contribution in [1.82, 2.24) is 4.98 Å². The number of hydrogen-bond donors (Lipinski definition) is 1. The second-order valence-corrected chi connectivity index (χ2v) is 5.19. The van der Waals surface area contributed by atoms with E-state index in [1.807, 2.05) is 26.0 Å². The third kappa shape index (κ3) is 3.36. The molecule has 2 aromatic rings. The molecule has 1 unspecified atom stereocenters. The molecular weight excluding hydrogens is 303 g/mol. The van der Waals surface area contributed by atoms with Crippen LogP contribution in [0.5, 0.6) is 0 Å². The van der Waals surface area contributed by atoms with Gasteiger partial charge in [-0.2, -0.15) is 13.2 Å². The number of aliphatic hydroxyl groups is 1. The summed E-state index contributed by atoms with van der Waals surface area (Å²) < 4.78 is 37.6. The van der Waals surface area contributed by atoms with Crippen molar-refractivity contribution in [3.63, 3.8) is 0 Å². The van der Waals surface area contributed by atoms with Crippen molar-refractivity contribution < 1.29 is 18.3 Å². The summed E-state index contributed by atoms with van der Waals surface area (Å²) in [6.07, 6.45) is -5.68. The largest absolute Gasteiger partial charge is 0.433 e. The van der Waals surface area contributed by atoms with E-state index in [2.05, 4.69) is 4.98 Å². The Kier molecular flexibility index (Phi) is 4.25. The molecular formula is C15H13ClF3NO. The van der Waals surface area contributed by atoms with E-state index in [1.165, 1.54) is 0 Å². The van der Waals surface area contributed by atoms with Crippen molar-refractivity contribution in [2.24, 2.45) is 0 Å². The van der Waals surface area contributed by atoms with Crippen molar-refractivity contribution in [3.05, 3.63) is 63.4 Å². The minimum atomic E-state index is -4.56. The van der Waals surface area contributed by atoms with Gasteiger partial charge in [-0.05, 0) is 31.0 Å². The highest BCUT2D eigenvalue weighted by Gasteiger charge is 2.33. The van der Waals surface area contributed by atoms with Gasteiger partial charge in [0.2, 0.25) is 0 Å². The summed E-state index contributed by atoms with van der Waals surface area (Å²) >= 11 is 5.79. The van der Waals surface area contributed by atoms with Gasteiger partial charge in [-0.3, -0.25) is 0 Å². The van der Waals surface area contributed by atoms with Crippen LogP contribution in [0.15, 0.2) is 30.3 Å².